The second kappa shape index (κ2) is 9.90. The van der Waals surface area contributed by atoms with Gasteiger partial charge in [-0.1, -0.05) is 43.3 Å². The van der Waals surface area contributed by atoms with E-state index in [0.29, 0.717) is 19.0 Å². The predicted molar refractivity (Wildman–Crippen MR) is 121 cm³/mol. The number of para-hydroxylation sites is 2. The van der Waals surface area contributed by atoms with Gasteiger partial charge in [-0.2, -0.15) is 5.10 Å². The molecule has 1 N–H and O–H groups in total. The second-order valence-electron chi connectivity index (χ2n) is 7.92. The van der Waals surface area contributed by atoms with E-state index in [9.17, 15) is 9.50 Å². The molecule has 0 bridgehead atoms. The number of aliphatic hydroxyl groups is 1. The van der Waals surface area contributed by atoms with Crippen LogP contribution in [-0.4, -0.2) is 38.5 Å². The first-order valence-electron chi connectivity index (χ1n) is 10.5. The molecular weight excluding hydrogens is 393 g/mol. The Morgan fingerprint density at radius 3 is 2.52 bits per heavy atom. The van der Waals surface area contributed by atoms with Crippen LogP contribution < -0.4 is 4.74 Å². The quantitative estimate of drug-likeness (QED) is 0.452. The fourth-order valence-corrected chi connectivity index (χ4v) is 3.47. The van der Waals surface area contributed by atoms with Gasteiger partial charge in [0, 0.05) is 13.1 Å². The average molecular weight is 424 g/mol. The number of ether oxygens (including phenoxy) is 1. The Labute approximate surface area is 183 Å². The number of benzene rings is 2. The van der Waals surface area contributed by atoms with E-state index in [1.807, 2.05) is 37.3 Å². The highest BCUT2D eigenvalue weighted by atomic mass is 19.1. The van der Waals surface area contributed by atoms with E-state index in [-0.39, 0.29) is 5.75 Å². The number of aryl methyl sites for hydroxylation is 1. The molecule has 6 heteroatoms. The maximum absolute atomic E-state index is 14.4. The predicted octanol–water partition coefficient (Wildman–Crippen LogP) is 5.26. The van der Waals surface area contributed by atoms with Crippen LogP contribution >= 0.6 is 0 Å². The average Bonchev–Trinajstić information content (AvgIpc) is 3.05. The summed E-state index contributed by atoms with van der Waals surface area (Å²) in [6, 6.07) is 16.0. The van der Waals surface area contributed by atoms with Crippen LogP contribution in [0.15, 0.2) is 67.3 Å². The van der Waals surface area contributed by atoms with Crippen LogP contribution in [-0.2, 0) is 6.54 Å². The number of hydrogen-bond acceptors (Lipinski definition) is 4. The lowest BCUT2D eigenvalue weighted by atomic mass is 10.1. The third-order valence-electron chi connectivity index (χ3n) is 5.09. The first-order chi connectivity index (χ1) is 14.8. The van der Waals surface area contributed by atoms with Crippen molar-refractivity contribution >= 4 is 0 Å². The minimum Gasteiger partial charge on any atom is -0.435 e. The van der Waals surface area contributed by atoms with Gasteiger partial charge >= 0.3 is 0 Å². The van der Waals surface area contributed by atoms with Gasteiger partial charge in [-0.05, 0) is 51.1 Å². The number of rotatable bonds is 10. The highest BCUT2D eigenvalue weighted by Crippen LogP contribution is 2.33. The van der Waals surface area contributed by atoms with Gasteiger partial charge < -0.3 is 9.84 Å². The van der Waals surface area contributed by atoms with Crippen LogP contribution in [0.3, 0.4) is 0 Å². The molecule has 1 unspecified atom stereocenters. The number of halogens is 1. The Balaban J connectivity index is 2.05. The molecule has 5 nitrogen and oxygen atoms in total. The molecule has 0 amide bonds. The van der Waals surface area contributed by atoms with Crippen molar-refractivity contribution in [3.05, 3.63) is 84.3 Å². The van der Waals surface area contributed by atoms with Crippen molar-refractivity contribution in [3.63, 3.8) is 0 Å². The van der Waals surface area contributed by atoms with Crippen LogP contribution in [0, 0.1) is 12.7 Å². The fraction of sp³-hybridized carbons (Fsp3) is 0.320. The highest BCUT2D eigenvalue weighted by molar-refractivity contribution is 5.43. The molecule has 0 fully saturated rings. The second-order valence-corrected chi connectivity index (χ2v) is 7.92. The Morgan fingerprint density at radius 2 is 1.87 bits per heavy atom. The van der Waals surface area contributed by atoms with Crippen LogP contribution in [0.4, 0.5) is 4.39 Å². The van der Waals surface area contributed by atoms with Gasteiger partial charge in [0.2, 0.25) is 5.88 Å². The first-order valence-corrected chi connectivity index (χ1v) is 10.5. The maximum Gasteiger partial charge on any atom is 0.227 e. The van der Waals surface area contributed by atoms with Crippen molar-refractivity contribution < 1.29 is 14.2 Å². The van der Waals surface area contributed by atoms with Crippen LogP contribution in [0.25, 0.3) is 5.69 Å². The molecule has 3 rings (SSSR count). The number of hydrogen-bond donors (Lipinski definition) is 1. The molecule has 31 heavy (non-hydrogen) atoms. The van der Waals surface area contributed by atoms with Crippen molar-refractivity contribution in [2.45, 2.75) is 39.3 Å². The molecule has 0 saturated carbocycles. The van der Waals surface area contributed by atoms with Crippen molar-refractivity contribution in [1.29, 1.82) is 0 Å². The summed E-state index contributed by atoms with van der Waals surface area (Å²) in [6.45, 7) is 11.2. The summed E-state index contributed by atoms with van der Waals surface area (Å²) in [5.41, 5.74) is 1.43. The molecule has 0 spiro atoms. The Hall–Kier alpha value is -2.96. The zero-order chi connectivity index (χ0) is 22.4. The van der Waals surface area contributed by atoms with E-state index >= 15 is 0 Å². The SMILES string of the molecule is C=CC(C)(O)CN(CCC)Cc1c(C)nn(-c2ccccc2)c1Oc1ccccc1F. The minimum absolute atomic E-state index is 0.140. The summed E-state index contributed by atoms with van der Waals surface area (Å²) in [5, 5.41) is 15.2. The molecule has 0 aliphatic rings. The molecule has 164 valence electrons. The van der Waals surface area contributed by atoms with E-state index in [1.54, 1.807) is 35.9 Å². The lowest BCUT2D eigenvalue weighted by Crippen LogP contribution is -2.39. The smallest absolute Gasteiger partial charge is 0.227 e. The molecular formula is C25H30FN3O2. The standard InChI is InChI=1S/C25H30FN3O2/c1-5-16-28(18-25(4,30)6-2)17-21-19(3)27-29(20-12-8-7-9-13-20)24(21)31-23-15-11-10-14-22(23)26/h6-15,30H,2,5,16-18H2,1,3-4H3. The van der Waals surface area contributed by atoms with Crippen LogP contribution in [0.5, 0.6) is 11.6 Å². The molecule has 0 aliphatic carbocycles. The van der Waals surface area contributed by atoms with Gasteiger partial charge in [-0.25, -0.2) is 9.07 Å². The molecule has 0 saturated heterocycles. The topological polar surface area (TPSA) is 50.5 Å². The summed E-state index contributed by atoms with van der Waals surface area (Å²) >= 11 is 0. The first kappa shape index (κ1) is 22.7. The molecule has 1 heterocycles. The van der Waals surface area contributed by atoms with Crippen molar-refractivity contribution in [1.82, 2.24) is 14.7 Å². The summed E-state index contributed by atoms with van der Waals surface area (Å²) in [5.74, 6) is 0.168. The molecule has 2 aromatic carbocycles. The van der Waals surface area contributed by atoms with Gasteiger partial charge in [0.15, 0.2) is 11.6 Å². The molecule has 3 aromatic rings. The Morgan fingerprint density at radius 1 is 1.19 bits per heavy atom. The molecule has 1 atom stereocenters. The monoisotopic (exact) mass is 423 g/mol. The van der Waals surface area contributed by atoms with E-state index in [2.05, 4.69) is 18.4 Å². The molecule has 0 radical (unpaired) electrons. The van der Waals surface area contributed by atoms with Gasteiger partial charge in [0.05, 0.1) is 22.5 Å². The Bertz CT molecular complexity index is 1010. The normalized spacial score (nSPS) is 13.2. The fourth-order valence-electron chi connectivity index (χ4n) is 3.47. The Kier molecular flexibility index (Phi) is 7.25. The van der Waals surface area contributed by atoms with Gasteiger partial charge in [0.1, 0.15) is 0 Å². The number of aromatic nitrogens is 2. The van der Waals surface area contributed by atoms with E-state index < -0.39 is 11.4 Å². The van der Waals surface area contributed by atoms with E-state index in [4.69, 9.17) is 9.84 Å². The van der Waals surface area contributed by atoms with E-state index in [1.165, 1.54) is 6.07 Å². The summed E-state index contributed by atoms with van der Waals surface area (Å²) in [7, 11) is 0. The lowest BCUT2D eigenvalue weighted by molar-refractivity contribution is 0.0584. The third kappa shape index (κ3) is 5.60. The zero-order valence-electron chi connectivity index (χ0n) is 18.4. The lowest BCUT2D eigenvalue weighted by Gasteiger charge is -2.29. The van der Waals surface area contributed by atoms with Crippen LogP contribution in [0.2, 0.25) is 0 Å². The van der Waals surface area contributed by atoms with Gasteiger partial charge in [0.25, 0.3) is 0 Å². The molecule has 1 aromatic heterocycles. The van der Waals surface area contributed by atoms with E-state index in [0.717, 1.165) is 29.9 Å². The van der Waals surface area contributed by atoms with Crippen molar-refractivity contribution in [3.8, 4) is 17.3 Å². The minimum atomic E-state index is -1.02. The van der Waals surface area contributed by atoms with Gasteiger partial charge in [-0.15, -0.1) is 6.58 Å². The highest BCUT2D eigenvalue weighted by Gasteiger charge is 2.25. The van der Waals surface area contributed by atoms with Crippen molar-refractivity contribution in [2.75, 3.05) is 13.1 Å². The van der Waals surface area contributed by atoms with Gasteiger partial charge in [-0.3, -0.25) is 4.90 Å². The molecule has 0 aliphatic heterocycles. The largest absolute Gasteiger partial charge is 0.435 e. The summed E-state index contributed by atoms with van der Waals surface area (Å²) in [6.07, 6.45) is 2.47. The summed E-state index contributed by atoms with van der Waals surface area (Å²) in [4.78, 5) is 2.13. The maximum atomic E-state index is 14.4. The van der Waals surface area contributed by atoms with Crippen molar-refractivity contribution in [2.24, 2.45) is 0 Å². The zero-order valence-corrected chi connectivity index (χ0v) is 18.4. The third-order valence-corrected chi connectivity index (χ3v) is 5.09. The number of nitrogens with zero attached hydrogens (tertiary/aromatic N) is 3. The van der Waals surface area contributed by atoms with Crippen LogP contribution in [0.1, 0.15) is 31.5 Å². The summed E-state index contributed by atoms with van der Waals surface area (Å²) < 4.78 is 22.2.